The van der Waals surface area contributed by atoms with Crippen LogP contribution in [-0.4, -0.2) is 72.2 Å². The van der Waals surface area contributed by atoms with Gasteiger partial charge in [0.15, 0.2) is 0 Å². The van der Waals surface area contributed by atoms with E-state index in [4.69, 9.17) is 4.74 Å². The Hall–Kier alpha value is -2.61. The maximum absolute atomic E-state index is 12.3. The summed E-state index contributed by atoms with van der Waals surface area (Å²) in [6.45, 7) is 0.870. The van der Waals surface area contributed by atoms with Gasteiger partial charge in [-0.15, -0.1) is 0 Å². The first kappa shape index (κ1) is 19.7. The average Bonchev–Trinajstić information content (AvgIpc) is 3.07. The number of methoxy groups -OCH3 is 1. The van der Waals surface area contributed by atoms with Gasteiger partial charge < -0.3 is 25.0 Å². The van der Waals surface area contributed by atoms with Crippen molar-refractivity contribution in [2.45, 2.75) is 31.5 Å². The third-order valence-electron chi connectivity index (χ3n) is 4.43. The monoisotopic (exact) mass is 363 g/mol. The van der Waals surface area contributed by atoms with Crippen molar-refractivity contribution in [1.82, 2.24) is 15.1 Å². The van der Waals surface area contributed by atoms with E-state index in [1.807, 2.05) is 30.3 Å². The normalized spacial score (nSPS) is 19.2. The smallest absolute Gasteiger partial charge is 0.326 e. The minimum Gasteiger partial charge on any atom is -0.480 e. The quantitative estimate of drug-likeness (QED) is 0.750. The zero-order valence-electron chi connectivity index (χ0n) is 15.1. The Morgan fingerprint density at radius 1 is 1.31 bits per heavy atom. The van der Waals surface area contributed by atoms with Crippen LogP contribution in [0.25, 0.3) is 0 Å². The fourth-order valence-electron chi connectivity index (χ4n) is 2.96. The maximum atomic E-state index is 12.3. The van der Waals surface area contributed by atoms with Gasteiger partial charge in [-0.3, -0.25) is 4.79 Å². The zero-order valence-corrected chi connectivity index (χ0v) is 15.1. The van der Waals surface area contributed by atoms with Gasteiger partial charge in [0.1, 0.15) is 6.04 Å². The molecule has 0 spiro atoms. The van der Waals surface area contributed by atoms with Gasteiger partial charge in [0.05, 0.1) is 6.10 Å². The molecular weight excluding hydrogens is 338 g/mol. The van der Waals surface area contributed by atoms with Gasteiger partial charge in [-0.2, -0.15) is 0 Å². The topological polar surface area (TPSA) is 99.2 Å². The number of likely N-dealkylation sites (tertiary alicyclic amines) is 1. The molecule has 142 valence electrons. The molecule has 0 radical (unpaired) electrons. The summed E-state index contributed by atoms with van der Waals surface area (Å²) in [5.41, 5.74) is 1.01. The van der Waals surface area contributed by atoms with Crippen LogP contribution in [0.2, 0.25) is 0 Å². The highest BCUT2D eigenvalue weighted by molar-refractivity contribution is 5.85. The standard InChI is InChI=1S/C18H25N3O5/c1-20(11-13-6-4-3-5-7-13)18(25)19-9-8-16(22)21-12-14(26-2)10-15(21)17(23)24/h3-7,14-15H,8-12H2,1-2H3,(H,19,25)(H,23,24). The van der Waals surface area contributed by atoms with Gasteiger partial charge in [-0.05, 0) is 5.56 Å². The van der Waals surface area contributed by atoms with Crippen LogP contribution in [0.5, 0.6) is 0 Å². The van der Waals surface area contributed by atoms with Crippen LogP contribution < -0.4 is 5.32 Å². The van der Waals surface area contributed by atoms with Crippen LogP contribution in [0.3, 0.4) is 0 Å². The predicted octanol–water partition coefficient (Wildman–Crippen LogP) is 0.919. The number of carbonyl (C=O) groups is 3. The van der Waals surface area contributed by atoms with Crippen LogP contribution in [0.15, 0.2) is 30.3 Å². The minimum atomic E-state index is -1.04. The van der Waals surface area contributed by atoms with E-state index in [9.17, 15) is 19.5 Å². The van der Waals surface area contributed by atoms with Crippen molar-refractivity contribution in [3.8, 4) is 0 Å². The second kappa shape index (κ2) is 9.19. The van der Waals surface area contributed by atoms with Crippen LogP contribution >= 0.6 is 0 Å². The second-order valence-corrected chi connectivity index (χ2v) is 6.32. The summed E-state index contributed by atoms with van der Waals surface area (Å²) in [5, 5.41) is 11.9. The molecule has 1 fully saturated rings. The molecule has 1 aliphatic heterocycles. The number of amides is 3. The molecular formula is C18H25N3O5. The molecule has 0 saturated carbocycles. The third kappa shape index (κ3) is 5.19. The average molecular weight is 363 g/mol. The molecule has 1 heterocycles. The van der Waals surface area contributed by atoms with Crippen LogP contribution in [0.4, 0.5) is 4.79 Å². The van der Waals surface area contributed by atoms with Gasteiger partial charge in [-0.1, -0.05) is 30.3 Å². The van der Waals surface area contributed by atoms with Crippen molar-refractivity contribution in [2.24, 2.45) is 0 Å². The number of carboxylic acid groups (broad SMARTS) is 1. The summed E-state index contributed by atoms with van der Waals surface area (Å²) < 4.78 is 5.17. The molecule has 26 heavy (non-hydrogen) atoms. The van der Waals surface area contributed by atoms with E-state index < -0.39 is 12.0 Å². The van der Waals surface area contributed by atoms with E-state index in [2.05, 4.69) is 5.32 Å². The molecule has 8 heteroatoms. The lowest BCUT2D eigenvalue weighted by molar-refractivity contribution is -0.148. The summed E-state index contributed by atoms with van der Waals surface area (Å²) in [6, 6.07) is 8.42. The van der Waals surface area contributed by atoms with Gasteiger partial charge >= 0.3 is 12.0 Å². The van der Waals surface area contributed by atoms with E-state index in [1.54, 1.807) is 7.05 Å². The molecule has 1 aliphatic rings. The molecule has 2 atom stereocenters. The van der Waals surface area contributed by atoms with Gasteiger partial charge in [0.25, 0.3) is 0 Å². The lowest BCUT2D eigenvalue weighted by Gasteiger charge is -2.22. The Bertz CT molecular complexity index is 637. The van der Waals surface area contributed by atoms with Gasteiger partial charge in [-0.25, -0.2) is 9.59 Å². The first-order chi connectivity index (χ1) is 12.4. The molecule has 1 saturated heterocycles. The number of carbonyl (C=O) groups excluding carboxylic acids is 2. The summed E-state index contributed by atoms with van der Waals surface area (Å²) in [7, 11) is 3.18. The zero-order chi connectivity index (χ0) is 19.1. The number of nitrogens with one attached hydrogen (secondary N) is 1. The van der Waals surface area contributed by atoms with Crippen molar-refractivity contribution in [1.29, 1.82) is 0 Å². The van der Waals surface area contributed by atoms with E-state index >= 15 is 0 Å². The van der Waals surface area contributed by atoms with Crippen molar-refractivity contribution < 1.29 is 24.2 Å². The Morgan fingerprint density at radius 3 is 2.62 bits per heavy atom. The lowest BCUT2D eigenvalue weighted by Crippen LogP contribution is -2.43. The SMILES string of the molecule is COC1CC(C(=O)O)N(C(=O)CCNC(=O)N(C)Cc2ccccc2)C1. The first-order valence-corrected chi connectivity index (χ1v) is 8.50. The van der Waals surface area contributed by atoms with E-state index in [-0.39, 0.29) is 44.0 Å². The molecule has 0 aromatic heterocycles. The first-order valence-electron chi connectivity index (χ1n) is 8.50. The summed E-state index contributed by atoms with van der Waals surface area (Å²) in [5.74, 6) is -1.34. The summed E-state index contributed by atoms with van der Waals surface area (Å²) in [6.07, 6.45) is 0.0566. The number of ether oxygens (including phenoxy) is 1. The van der Waals surface area contributed by atoms with Crippen LogP contribution in [0.1, 0.15) is 18.4 Å². The van der Waals surface area contributed by atoms with Crippen LogP contribution in [0, 0.1) is 0 Å². The van der Waals surface area contributed by atoms with Crippen molar-refractivity contribution in [3.63, 3.8) is 0 Å². The van der Waals surface area contributed by atoms with Crippen molar-refractivity contribution in [2.75, 3.05) is 27.2 Å². The van der Waals surface area contributed by atoms with E-state index in [1.165, 1.54) is 16.9 Å². The number of benzene rings is 1. The molecule has 3 amide bonds. The molecule has 0 bridgehead atoms. The minimum absolute atomic E-state index is 0.0468. The molecule has 2 N–H and O–H groups in total. The number of urea groups is 1. The highest BCUT2D eigenvalue weighted by Crippen LogP contribution is 2.21. The Balaban J connectivity index is 1.78. The van der Waals surface area contributed by atoms with Crippen molar-refractivity contribution in [3.05, 3.63) is 35.9 Å². The lowest BCUT2D eigenvalue weighted by atomic mass is 10.2. The Labute approximate surface area is 152 Å². The number of nitrogens with zero attached hydrogens (tertiary/aromatic N) is 2. The molecule has 0 aliphatic carbocycles. The molecule has 1 aromatic rings. The number of rotatable bonds is 7. The third-order valence-corrected chi connectivity index (χ3v) is 4.43. The maximum Gasteiger partial charge on any atom is 0.326 e. The number of hydrogen-bond acceptors (Lipinski definition) is 4. The van der Waals surface area contributed by atoms with Gasteiger partial charge in [0, 0.05) is 46.6 Å². The second-order valence-electron chi connectivity index (χ2n) is 6.32. The molecule has 1 aromatic carbocycles. The van der Waals surface area contributed by atoms with E-state index in [0.29, 0.717) is 6.54 Å². The predicted molar refractivity (Wildman–Crippen MR) is 94.5 cm³/mol. The number of hydrogen-bond donors (Lipinski definition) is 2. The Morgan fingerprint density at radius 2 is 2.00 bits per heavy atom. The Kier molecular flexibility index (Phi) is 6.97. The van der Waals surface area contributed by atoms with Gasteiger partial charge in [0.2, 0.25) is 5.91 Å². The largest absolute Gasteiger partial charge is 0.480 e. The highest BCUT2D eigenvalue weighted by atomic mass is 16.5. The van der Waals surface area contributed by atoms with Crippen molar-refractivity contribution >= 4 is 17.9 Å². The van der Waals surface area contributed by atoms with Crippen LogP contribution in [-0.2, 0) is 20.9 Å². The summed E-state index contributed by atoms with van der Waals surface area (Å²) in [4.78, 5) is 38.5. The fourth-order valence-corrected chi connectivity index (χ4v) is 2.96. The fraction of sp³-hybridized carbons (Fsp3) is 0.500. The molecule has 8 nitrogen and oxygen atoms in total. The molecule has 2 unspecified atom stereocenters. The summed E-state index contributed by atoms with van der Waals surface area (Å²) >= 11 is 0. The molecule has 2 rings (SSSR count). The highest BCUT2D eigenvalue weighted by Gasteiger charge is 2.39. The van der Waals surface area contributed by atoms with E-state index in [0.717, 1.165) is 5.56 Å². The number of aliphatic carboxylic acids is 1. The number of carboxylic acids is 1.